The zero-order valence-corrected chi connectivity index (χ0v) is 38.5. The second kappa shape index (κ2) is 20.6. The molecule has 6 aromatic carbocycles. The lowest BCUT2D eigenvalue weighted by molar-refractivity contribution is 0.0587. The lowest BCUT2D eigenvalue weighted by Gasteiger charge is -2.38. The van der Waals surface area contributed by atoms with Gasteiger partial charge in [0.25, 0.3) is 23.6 Å². The molecule has 10 heteroatoms. The van der Waals surface area contributed by atoms with Crippen LogP contribution in [0.3, 0.4) is 0 Å². The molecule has 0 saturated heterocycles. The van der Waals surface area contributed by atoms with Crippen molar-refractivity contribution in [1.82, 2.24) is 9.80 Å². The monoisotopic (exact) mass is 894 g/mol. The first-order valence-electron chi connectivity index (χ1n) is 23.7. The standard InChI is InChI=1S/C58H50N6O4/c1-3-5-7-9-11-13-31-63-55(65)51-45(41-23-15-37(33-59)16-24-41)47(43-27-19-39(35-61)20-28-43)53-50-49(51)52(56(63)66)46(42-25-17-38(34-60)18-26-42)48(44-29-21-40(36-62)22-30-44)54(50)58(68)64(57(53)67)32-14-12-10-8-6-4-2/h15-30H,3-14,31-32H2,1-2H3. The summed E-state index contributed by atoms with van der Waals surface area (Å²) in [5, 5.41) is 39.9. The molecule has 68 heavy (non-hydrogen) atoms. The number of hydrogen-bond donors (Lipinski definition) is 0. The summed E-state index contributed by atoms with van der Waals surface area (Å²) in [4.78, 5) is 65.4. The normalized spacial score (nSPS) is 12.8. The van der Waals surface area contributed by atoms with E-state index >= 15 is 19.2 Å². The number of nitriles is 4. The molecule has 0 bridgehead atoms. The Morgan fingerprint density at radius 1 is 0.324 bits per heavy atom. The second-order valence-electron chi connectivity index (χ2n) is 17.6. The minimum atomic E-state index is -0.575. The quantitative estimate of drug-likeness (QED) is 0.0606. The van der Waals surface area contributed by atoms with E-state index in [0.29, 0.717) is 79.6 Å². The van der Waals surface area contributed by atoms with E-state index in [0.717, 1.165) is 64.2 Å². The molecule has 0 N–H and O–H groups in total. The van der Waals surface area contributed by atoms with Gasteiger partial charge in [-0.2, -0.15) is 21.0 Å². The van der Waals surface area contributed by atoms with E-state index in [1.54, 1.807) is 97.1 Å². The van der Waals surface area contributed by atoms with Crippen LogP contribution in [0.2, 0.25) is 0 Å². The first-order chi connectivity index (χ1) is 33.2. The van der Waals surface area contributed by atoms with Crippen molar-refractivity contribution in [3.63, 3.8) is 0 Å². The third kappa shape index (κ3) is 8.54. The zero-order valence-electron chi connectivity index (χ0n) is 38.5. The van der Waals surface area contributed by atoms with E-state index in [1.165, 1.54) is 9.80 Å². The maximum absolute atomic E-state index is 15.7. The Labute approximate surface area is 397 Å². The van der Waals surface area contributed by atoms with E-state index in [9.17, 15) is 21.0 Å². The summed E-state index contributed by atoms with van der Waals surface area (Å²) >= 11 is 0. The second-order valence-corrected chi connectivity index (χ2v) is 17.6. The molecule has 0 aliphatic carbocycles. The minimum Gasteiger partial charge on any atom is -0.274 e. The van der Waals surface area contributed by atoms with Crippen LogP contribution in [0.25, 0.3) is 55.3 Å². The van der Waals surface area contributed by atoms with Crippen LogP contribution in [0.5, 0.6) is 0 Å². The van der Waals surface area contributed by atoms with Crippen LogP contribution in [-0.4, -0.2) is 46.5 Å². The zero-order chi connectivity index (χ0) is 47.9. The number of unbranched alkanes of at least 4 members (excludes halogenated alkanes) is 10. The maximum Gasteiger partial charge on any atom is 0.262 e. The molecule has 2 heterocycles. The highest BCUT2D eigenvalue weighted by Gasteiger charge is 2.47. The molecule has 336 valence electrons. The fourth-order valence-corrected chi connectivity index (χ4v) is 9.84. The molecule has 2 aliphatic heterocycles. The first-order valence-corrected chi connectivity index (χ1v) is 23.7. The van der Waals surface area contributed by atoms with Crippen LogP contribution < -0.4 is 0 Å². The lowest BCUT2D eigenvalue weighted by Crippen LogP contribution is -2.45. The number of carbonyl (C=O) groups is 4. The molecular weight excluding hydrogens is 845 g/mol. The SMILES string of the molecule is CCCCCCCCN1C(=O)c2c(-c3ccc(C#N)cc3)c(-c3ccc(C#N)cc3)c3c4c(c(-c5ccc(C#N)cc5)c(-c5ccc(C#N)cc5)c(c24)C1=O)C(=O)N(CCCCCCCC)C3=O. The Morgan fingerprint density at radius 2 is 0.544 bits per heavy atom. The summed E-state index contributed by atoms with van der Waals surface area (Å²) in [6.45, 7) is 4.50. The fraction of sp³-hybridized carbons (Fsp3) is 0.276. The average molecular weight is 895 g/mol. The van der Waals surface area contributed by atoms with Gasteiger partial charge in [-0.05, 0) is 83.6 Å². The summed E-state index contributed by atoms with van der Waals surface area (Å²) in [7, 11) is 0. The summed E-state index contributed by atoms with van der Waals surface area (Å²) in [6, 6.07) is 35.7. The van der Waals surface area contributed by atoms with E-state index in [-0.39, 0.29) is 46.1 Å². The molecule has 2 aliphatic rings. The highest BCUT2D eigenvalue weighted by molar-refractivity contribution is 6.40. The predicted molar refractivity (Wildman–Crippen MR) is 262 cm³/mol. The molecule has 10 nitrogen and oxygen atoms in total. The Balaban J connectivity index is 1.57. The molecule has 0 unspecified atom stereocenters. The molecule has 0 spiro atoms. The van der Waals surface area contributed by atoms with Crippen molar-refractivity contribution in [2.45, 2.75) is 90.9 Å². The van der Waals surface area contributed by atoms with Gasteiger partial charge in [0.15, 0.2) is 0 Å². The third-order valence-corrected chi connectivity index (χ3v) is 13.3. The highest BCUT2D eigenvalue weighted by Crippen LogP contribution is 2.54. The van der Waals surface area contributed by atoms with Crippen molar-refractivity contribution in [3.8, 4) is 68.8 Å². The van der Waals surface area contributed by atoms with Crippen LogP contribution in [0.15, 0.2) is 97.1 Å². The molecule has 0 atom stereocenters. The summed E-state index contributed by atoms with van der Waals surface area (Å²) in [5.74, 6) is -2.30. The van der Waals surface area contributed by atoms with Gasteiger partial charge in [-0.15, -0.1) is 0 Å². The molecule has 6 aromatic rings. The largest absolute Gasteiger partial charge is 0.274 e. The molecule has 4 amide bonds. The van der Waals surface area contributed by atoms with Gasteiger partial charge < -0.3 is 0 Å². The number of nitrogens with zero attached hydrogens (tertiary/aromatic N) is 6. The topological polar surface area (TPSA) is 170 Å². The van der Waals surface area contributed by atoms with Crippen LogP contribution in [0.4, 0.5) is 0 Å². The van der Waals surface area contributed by atoms with Crippen molar-refractivity contribution >= 4 is 34.4 Å². The highest BCUT2D eigenvalue weighted by atomic mass is 16.2. The minimum absolute atomic E-state index is 0.107. The van der Waals surface area contributed by atoms with Crippen molar-refractivity contribution in [2.75, 3.05) is 13.1 Å². The van der Waals surface area contributed by atoms with E-state index in [4.69, 9.17) is 0 Å². The van der Waals surface area contributed by atoms with E-state index < -0.39 is 23.6 Å². The van der Waals surface area contributed by atoms with Crippen LogP contribution >= 0.6 is 0 Å². The van der Waals surface area contributed by atoms with Crippen molar-refractivity contribution in [2.24, 2.45) is 0 Å². The third-order valence-electron chi connectivity index (χ3n) is 13.3. The van der Waals surface area contributed by atoms with Crippen LogP contribution in [0, 0.1) is 45.3 Å². The number of amides is 4. The fourth-order valence-electron chi connectivity index (χ4n) is 9.84. The number of hydrogen-bond acceptors (Lipinski definition) is 8. The molecular formula is C58H50N6O4. The summed E-state index contributed by atoms with van der Waals surface area (Å²) in [5.41, 5.74) is 5.53. The van der Waals surface area contributed by atoms with E-state index in [2.05, 4.69) is 38.1 Å². The number of imide groups is 2. The molecule has 0 aromatic heterocycles. The van der Waals surface area contributed by atoms with Gasteiger partial charge in [0.2, 0.25) is 0 Å². The Kier molecular flexibility index (Phi) is 14.0. The van der Waals surface area contributed by atoms with Gasteiger partial charge in [0.1, 0.15) is 0 Å². The summed E-state index contributed by atoms with van der Waals surface area (Å²) < 4.78 is 0. The van der Waals surface area contributed by atoms with Crippen LogP contribution in [-0.2, 0) is 0 Å². The van der Waals surface area contributed by atoms with Gasteiger partial charge in [0, 0.05) is 46.1 Å². The van der Waals surface area contributed by atoms with Crippen molar-refractivity contribution < 1.29 is 19.2 Å². The van der Waals surface area contributed by atoms with Gasteiger partial charge in [0.05, 0.1) is 68.8 Å². The average Bonchev–Trinajstić information content (AvgIpc) is 3.38. The predicted octanol–water partition coefficient (Wildman–Crippen LogP) is 12.9. The number of benzene rings is 6. The van der Waals surface area contributed by atoms with Gasteiger partial charge in [-0.25, -0.2) is 0 Å². The molecule has 0 radical (unpaired) electrons. The number of rotatable bonds is 18. The lowest BCUT2D eigenvalue weighted by atomic mass is 9.72. The summed E-state index contributed by atoms with van der Waals surface area (Å²) in [6.07, 6.45) is 10.9. The molecule has 0 saturated carbocycles. The van der Waals surface area contributed by atoms with Crippen LogP contribution in [0.1, 0.15) is 155 Å². The Morgan fingerprint density at radius 3 is 0.765 bits per heavy atom. The van der Waals surface area contributed by atoms with Gasteiger partial charge in [-0.3, -0.25) is 29.0 Å². The molecule has 8 rings (SSSR count). The maximum atomic E-state index is 15.7. The van der Waals surface area contributed by atoms with Crippen molar-refractivity contribution in [3.05, 3.63) is 142 Å². The smallest absolute Gasteiger partial charge is 0.262 e. The molecule has 0 fully saturated rings. The van der Waals surface area contributed by atoms with E-state index in [1.807, 2.05) is 0 Å². The Bertz CT molecular complexity index is 2740. The Hall–Kier alpha value is -8.18. The number of carbonyl (C=O) groups excluding carboxylic acids is 4. The van der Waals surface area contributed by atoms with Crippen molar-refractivity contribution in [1.29, 1.82) is 21.0 Å². The first kappa shape index (κ1) is 46.4. The van der Waals surface area contributed by atoms with Gasteiger partial charge >= 0.3 is 0 Å². The van der Waals surface area contributed by atoms with Gasteiger partial charge in [-0.1, -0.05) is 127 Å².